The lowest BCUT2D eigenvalue weighted by molar-refractivity contribution is 0.0915. The van der Waals surface area contributed by atoms with Crippen LogP contribution in [0.3, 0.4) is 0 Å². The highest BCUT2D eigenvalue weighted by atomic mass is 32.2. The van der Waals surface area contributed by atoms with Gasteiger partial charge in [-0.25, -0.2) is 8.42 Å². The van der Waals surface area contributed by atoms with E-state index in [1.54, 1.807) is 25.3 Å². The number of nitrogens with zero attached hydrogens (tertiary/aromatic N) is 2. The molecule has 2 aromatic rings. The van der Waals surface area contributed by atoms with E-state index >= 15 is 0 Å². The van der Waals surface area contributed by atoms with Gasteiger partial charge in [-0.15, -0.1) is 0 Å². The van der Waals surface area contributed by atoms with Crippen LogP contribution in [0.5, 0.6) is 0 Å². The minimum atomic E-state index is -3.31. The van der Waals surface area contributed by atoms with Gasteiger partial charge in [0.25, 0.3) is 5.91 Å². The van der Waals surface area contributed by atoms with Gasteiger partial charge < -0.3 is 10.4 Å². The number of aliphatic hydroxyl groups excluding tert-OH is 1. The highest BCUT2D eigenvalue weighted by molar-refractivity contribution is 7.91. The van der Waals surface area contributed by atoms with Crippen LogP contribution in [-0.4, -0.2) is 48.2 Å². The Kier molecular flexibility index (Phi) is 8.71. The molecular formula is C29H41N3O4S. The Hall–Kier alpha value is -2.29. The number of aromatic nitrogens is 1. The smallest absolute Gasteiger partial charge is 0.253 e. The summed E-state index contributed by atoms with van der Waals surface area (Å²) in [4.78, 5) is 20.7. The second kappa shape index (κ2) is 11.6. The van der Waals surface area contributed by atoms with Crippen molar-refractivity contribution < 1.29 is 18.3 Å². The highest BCUT2D eigenvalue weighted by Crippen LogP contribution is 2.40. The Bertz CT molecular complexity index is 1190. The van der Waals surface area contributed by atoms with Crippen LogP contribution >= 0.6 is 0 Å². The summed E-state index contributed by atoms with van der Waals surface area (Å²) in [7, 11) is -3.31. The number of rotatable bonds is 9. The fourth-order valence-electron chi connectivity index (χ4n) is 5.84. The molecule has 4 rings (SSSR count). The summed E-state index contributed by atoms with van der Waals surface area (Å²) in [6, 6.07) is 7.88. The highest BCUT2D eigenvalue weighted by Gasteiger charge is 2.36. The number of nitrogens with one attached hydrogen (secondary N) is 1. The molecule has 0 radical (unpaired) electrons. The van der Waals surface area contributed by atoms with Crippen molar-refractivity contribution in [3.05, 3.63) is 58.9 Å². The van der Waals surface area contributed by atoms with Gasteiger partial charge in [0.2, 0.25) is 0 Å². The lowest BCUT2D eigenvalue weighted by Crippen LogP contribution is -2.32. The predicted molar refractivity (Wildman–Crippen MR) is 145 cm³/mol. The summed E-state index contributed by atoms with van der Waals surface area (Å²) in [6.07, 6.45) is 6.83. The van der Waals surface area contributed by atoms with Crippen molar-refractivity contribution in [2.75, 3.05) is 18.9 Å². The molecule has 1 amide bonds. The number of hydrogen-bond donors (Lipinski definition) is 2. The molecule has 202 valence electrons. The first kappa shape index (κ1) is 27.7. The van der Waals surface area contributed by atoms with Gasteiger partial charge in [0, 0.05) is 19.3 Å². The molecule has 2 aliphatic rings. The van der Waals surface area contributed by atoms with E-state index in [0.29, 0.717) is 17.0 Å². The van der Waals surface area contributed by atoms with Crippen LogP contribution < -0.4 is 5.32 Å². The van der Waals surface area contributed by atoms with E-state index in [1.807, 2.05) is 6.07 Å². The molecule has 1 aliphatic heterocycles. The number of sulfone groups is 1. The van der Waals surface area contributed by atoms with E-state index in [0.717, 1.165) is 36.2 Å². The minimum absolute atomic E-state index is 0.0206. The fraction of sp³-hybridized carbons (Fsp3) is 0.586. The number of carbonyl (C=O) groups is 1. The second-order valence-corrected chi connectivity index (χ2v) is 13.5. The van der Waals surface area contributed by atoms with Gasteiger partial charge in [-0.1, -0.05) is 52.7 Å². The zero-order chi connectivity index (χ0) is 26.7. The van der Waals surface area contributed by atoms with Gasteiger partial charge in [0.1, 0.15) is 0 Å². The predicted octanol–water partition coefficient (Wildman–Crippen LogP) is 4.68. The van der Waals surface area contributed by atoms with Crippen molar-refractivity contribution in [3.63, 3.8) is 0 Å². The maximum atomic E-state index is 13.1. The van der Waals surface area contributed by atoms with Crippen molar-refractivity contribution in [1.29, 1.82) is 0 Å². The Morgan fingerprint density at radius 1 is 1.16 bits per heavy atom. The summed E-state index contributed by atoms with van der Waals surface area (Å²) < 4.78 is 24.2. The van der Waals surface area contributed by atoms with Crippen LogP contribution in [0.25, 0.3) is 0 Å². The van der Waals surface area contributed by atoms with E-state index in [2.05, 4.69) is 31.0 Å². The number of fused-ring (bicyclic) bond motifs is 1. The first-order valence-corrected chi connectivity index (χ1v) is 15.3. The number of hydrogen-bond acceptors (Lipinski definition) is 6. The first-order valence-electron chi connectivity index (χ1n) is 13.6. The van der Waals surface area contributed by atoms with Crippen LogP contribution in [0.4, 0.5) is 0 Å². The first-order chi connectivity index (χ1) is 17.6. The van der Waals surface area contributed by atoms with Crippen LogP contribution in [0.2, 0.25) is 0 Å². The van der Waals surface area contributed by atoms with Gasteiger partial charge in [-0.3, -0.25) is 14.7 Å². The van der Waals surface area contributed by atoms with E-state index in [4.69, 9.17) is 4.98 Å². The van der Waals surface area contributed by atoms with E-state index in [-0.39, 0.29) is 29.2 Å². The normalized spacial score (nSPS) is 23.1. The summed E-state index contributed by atoms with van der Waals surface area (Å²) in [5, 5.41) is 12.8. The SMILES string of the molecule is CCS(=O)(=O)c1ccc([C@H](CO)NC(=O)c2cnc3c(c2)CN(CC2CCC(C)CC2)[C@H]3C(C)C)cc1. The van der Waals surface area contributed by atoms with Gasteiger partial charge in [0.05, 0.1) is 40.6 Å². The molecule has 1 saturated carbocycles. The standard InChI is InChI=1S/C29H41N3O4S/c1-5-37(35,36)25-12-10-22(11-13-25)26(18-33)31-29(34)23-14-24-17-32(16-21-8-6-20(4)7-9-21)28(19(2)3)27(24)30-15-23/h10-15,19-21,26,28,33H,5-9,16-18H2,1-4H3,(H,31,34)/t20?,21?,26-,28-/m0/s1. The summed E-state index contributed by atoms with van der Waals surface area (Å²) in [5.74, 6) is 1.70. The average molecular weight is 528 g/mol. The molecule has 2 N–H and O–H groups in total. The van der Waals surface area contributed by atoms with Gasteiger partial charge >= 0.3 is 0 Å². The molecule has 2 atom stereocenters. The van der Waals surface area contributed by atoms with Crippen molar-refractivity contribution >= 4 is 15.7 Å². The van der Waals surface area contributed by atoms with E-state index in [1.165, 1.54) is 37.8 Å². The zero-order valence-corrected chi connectivity index (χ0v) is 23.3. The van der Waals surface area contributed by atoms with Crippen LogP contribution in [-0.2, 0) is 16.4 Å². The maximum absolute atomic E-state index is 13.1. The molecule has 1 aliphatic carbocycles. The monoisotopic (exact) mass is 527 g/mol. The van der Waals surface area contributed by atoms with Crippen LogP contribution in [0, 0.1) is 17.8 Å². The third kappa shape index (κ3) is 6.24. The molecule has 1 fully saturated rings. The van der Waals surface area contributed by atoms with Gasteiger partial charge in [-0.2, -0.15) is 0 Å². The summed E-state index contributed by atoms with van der Waals surface area (Å²) in [5.41, 5.74) is 3.29. The average Bonchev–Trinajstić information content (AvgIpc) is 3.25. The fourth-order valence-corrected chi connectivity index (χ4v) is 6.72. The summed E-state index contributed by atoms with van der Waals surface area (Å²) >= 11 is 0. The van der Waals surface area contributed by atoms with Gasteiger partial charge in [0.15, 0.2) is 9.84 Å². The Balaban J connectivity index is 1.47. The molecule has 7 nitrogen and oxygen atoms in total. The number of aliphatic hydroxyl groups is 1. The Morgan fingerprint density at radius 2 is 1.84 bits per heavy atom. The van der Waals surface area contributed by atoms with E-state index in [9.17, 15) is 18.3 Å². The number of benzene rings is 1. The molecule has 37 heavy (non-hydrogen) atoms. The lowest BCUT2D eigenvalue weighted by Gasteiger charge is -2.34. The van der Waals surface area contributed by atoms with Crippen LogP contribution in [0.15, 0.2) is 41.4 Å². The number of carbonyl (C=O) groups excluding carboxylic acids is 1. The van der Waals surface area contributed by atoms with Gasteiger partial charge in [-0.05, 0) is 59.9 Å². The molecule has 1 aromatic heterocycles. The van der Waals surface area contributed by atoms with Crippen LogP contribution in [0.1, 0.15) is 92.6 Å². The van der Waals surface area contributed by atoms with Crippen molar-refractivity contribution in [2.24, 2.45) is 17.8 Å². The molecular weight excluding hydrogens is 486 g/mol. The van der Waals surface area contributed by atoms with Crippen molar-refractivity contribution in [3.8, 4) is 0 Å². The molecule has 0 unspecified atom stereocenters. The number of amides is 1. The molecule has 1 aromatic carbocycles. The van der Waals surface area contributed by atoms with Crippen molar-refractivity contribution in [2.45, 2.75) is 76.9 Å². The molecule has 8 heteroatoms. The Labute approximate surface area is 221 Å². The topological polar surface area (TPSA) is 99.6 Å². The number of pyridine rings is 1. The summed E-state index contributed by atoms with van der Waals surface area (Å²) in [6.45, 7) is 10.0. The second-order valence-electron chi connectivity index (χ2n) is 11.2. The molecule has 0 bridgehead atoms. The quantitative estimate of drug-likeness (QED) is 0.491. The molecule has 2 heterocycles. The minimum Gasteiger partial charge on any atom is -0.394 e. The lowest BCUT2D eigenvalue weighted by atomic mass is 9.82. The van der Waals surface area contributed by atoms with Crippen molar-refractivity contribution in [1.82, 2.24) is 15.2 Å². The third-order valence-electron chi connectivity index (χ3n) is 8.08. The molecule has 0 saturated heterocycles. The van der Waals surface area contributed by atoms with E-state index < -0.39 is 15.9 Å². The maximum Gasteiger partial charge on any atom is 0.253 e. The zero-order valence-electron chi connectivity index (χ0n) is 22.5. The molecule has 0 spiro atoms. The third-order valence-corrected chi connectivity index (χ3v) is 9.83. The largest absolute Gasteiger partial charge is 0.394 e. The Morgan fingerprint density at radius 3 is 2.43 bits per heavy atom.